The van der Waals surface area contributed by atoms with Crippen LogP contribution in [0.2, 0.25) is 0 Å². The molecule has 0 amide bonds. The lowest BCUT2D eigenvalue weighted by molar-refractivity contribution is -0.142. The first-order valence-corrected chi connectivity index (χ1v) is 3.35. The summed E-state index contributed by atoms with van der Waals surface area (Å²) < 4.78 is 3.70. The van der Waals surface area contributed by atoms with E-state index in [1.807, 2.05) is 0 Å². The Balaban J connectivity index is 3.28. The molecule has 54 valence electrons. The van der Waals surface area contributed by atoms with Gasteiger partial charge in [-0.2, -0.15) is 25.3 Å². The van der Waals surface area contributed by atoms with E-state index >= 15 is 0 Å². The molecule has 9 heavy (non-hydrogen) atoms. The smallest absolute Gasteiger partial charge is 0.328 e. The molecule has 0 aromatic rings. The highest BCUT2D eigenvalue weighted by atomic mass is 32.2. The van der Waals surface area contributed by atoms with Crippen molar-refractivity contribution in [2.75, 3.05) is 13.2 Å². The minimum absolute atomic E-state index is 0.0104. The maximum absolute atomic E-state index is 10.4. The van der Waals surface area contributed by atoms with Crippen molar-refractivity contribution in [1.29, 1.82) is 0 Å². The molecule has 1 N–H and O–H groups in total. The maximum Gasteiger partial charge on any atom is 0.328 e. The summed E-state index contributed by atoms with van der Waals surface area (Å²) in [6.07, 6.45) is 0. The second kappa shape index (κ2) is 4.96. The van der Waals surface area contributed by atoms with Crippen LogP contribution >= 0.6 is 25.3 Å². The Bertz CT molecular complexity index is 93.8. The van der Waals surface area contributed by atoms with Gasteiger partial charge in [-0.05, 0) is 0 Å². The van der Waals surface area contributed by atoms with Crippen LogP contribution in [-0.4, -0.2) is 28.9 Å². The quantitative estimate of drug-likeness (QED) is 0.308. The third-order valence-electron chi connectivity index (χ3n) is 0.546. The summed E-state index contributed by atoms with van der Waals surface area (Å²) in [5.41, 5.74) is 0. The van der Waals surface area contributed by atoms with Crippen LogP contribution in [0.1, 0.15) is 0 Å². The lowest BCUT2D eigenvalue weighted by atomic mass is 10.7. The minimum Gasteiger partial charge on any atom is -0.462 e. The zero-order chi connectivity index (χ0) is 7.28. The van der Waals surface area contributed by atoms with Crippen molar-refractivity contribution < 1.29 is 14.6 Å². The number of thiol groups is 2. The van der Waals surface area contributed by atoms with Gasteiger partial charge < -0.3 is 9.84 Å². The molecule has 0 heterocycles. The molecule has 0 saturated carbocycles. The largest absolute Gasteiger partial charge is 0.462 e. The van der Waals surface area contributed by atoms with Gasteiger partial charge in [0.15, 0.2) is 0 Å². The molecule has 0 fully saturated rings. The number of aliphatic hydroxyl groups is 1. The first-order chi connectivity index (χ1) is 4.18. The lowest BCUT2D eigenvalue weighted by Crippen LogP contribution is -2.14. The monoisotopic (exact) mass is 168 g/mol. The molecule has 0 rings (SSSR count). The highest BCUT2D eigenvalue weighted by Gasteiger charge is 2.08. The Kier molecular flexibility index (Phi) is 5.03. The average molecular weight is 168 g/mol. The predicted octanol–water partition coefficient (Wildman–Crippen LogP) is -0.292. The summed E-state index contributed by atoms with van der Waals surface area (Å²) in [7, 11) is 0. The molecule has 0 aliphatic carbocycles. The van der Waals surface area contributed by atoms with Crippen LogP contribution < -0.4 is 0 Å². The van der Waals surface area contributed by atoms with Crippen molar-refractivity contribution in [1.82, 2.24) is 0 Å². The van der Waals surface area contributed by atoms with Crippen molar-refractivity contribution in [2.24, 2.45) is 0 Å². The number of hydrogen-bond donors (Lipinski definition) is 3. The Hall–Kier alpha value is 0.130. The van der Waals surface area contributed by atoms with E-state index in [0.717, 1.165) is 0 Å². The number of aliphatic hydroxyl groups excluding tert-OH is 1. The fraction of sp³-hybridized carbons (Fsp3) is 0.750. The first-order valence-electron chi connectivity index (χ1n) is 2.32. The zero-order valence-electron chi connectivity index (χ0n) is 4.65. The molecular formula is C4H8O3S2. The topological polar surface area (TPSA) is 46.5 Å². The highest BCUT2D eigenvalue weighted by Crippen LogP contribution is 2.01. The van der Waals surface area contributed by atoms with Gasteiger partial charge in [0.25, 0.3) is 0 Å². The summed E-state index contributed by atoms with van der Waals surface area (Å²) in [6.45, 7) is -0.156. The fourth-order valence-electron chi connectivity index (χ4n) is 0.221. The summed E-state index contributed by atoms with van der Waals surface area (Å²) in [5, 5.41) is 8.17. The second-order valence-corrected chi connectivity index (χ2v) is 2.70. The van der Waals surface area contributed by atoms with Crippen LogP contribution in [0.4, 0.5) is 0 Å². The summed E-state index contributed by atoms with van der Waals surface area (Å²) in [6, 6.07) is 0. The predicted molar refractivity (Wildman–Crippen MR) is 39.8 cm³/mol. The maximum atomic E-state index is 10.4. The van der Waals surface area contributed by atoms with Crippen molar-refractivity contribution in [3.63, 3.8) is 0 Å². The van der Waals surface area contributed by atoms with Gasteiger partial charge in [0.2, 0.25) is 0 Å². The number of esters is 1. The molecule has 0 saturated heterocycles. The number of carbonyl (C=O) groups excluding carboxylic acids is 1. The Labute approximate surface area is 64.2 Å². The van der Waals surface area contributed by atoms with E-state index in [1.165, 1.54) is 0 Å². The van der Waals surface area contributed by atoms with Gasteiger partial charge in [-0.1, -0.05) is 0 Å². The fourth-order valence-corrected chi connectivity index (χ4v) is 0.370. The average Bonchev–Trinajstić information content (AvgIpc) is 1.82. The Morgan fingerprint density at radius 2 is 2.22 bits per heavy atom. The molecule has 0 aromatic carbocycles. The van der Waals surface area contributed by atoms with Crippen LogP contribution in [0.25, 0.3) is 0 Å². The van der Waals surface area contributed by atoms with Crippen molar-refractivity contribution in [2.45, 2.75) is 4.58 Å². The van der Waals surface area contributed by atoms with Gasteiger partial charge in [0, 0.05) is 0 Å². The van der Waals surface area contributed by atoms with E-state index in [-0.39, 0.29) is 13.2 Å². The second-order valence-electron chi connectivity index (χ2n) is 1.26. The van der Waals surface area contributed by atoms with Crippen LogP contribution in [0.5, 0.6) is 0 Å². The van der Waals surface area contributed by atoms with Crippen LogP contribution in [0, 0.1) is 0 Å². The molecule has 3 nitrogen and oxygen atoms in total. The van der Waals surface area contributed by atoms with Crippen LogP contribution in [0.15, 0.2) is 0 Å². The molecule has 0 spiro atoms. The molecule has 5 heteroatoms. The molecule has 0 atom stereocenters. The molecule has 0 unspecified atom stereocenters. The van der Waals surface area contributed by atoms with E-state index in [4.69, 9.17) is 5.11 Å². The first kappa shape index (κ1) is 9.13. The third-order valence-corrected chi connectivity index (χ3v) is 0.968. The zero-order valence-corrected chi connectivity index (χ0v) is 6.44. The van der Waals surface area contributed by atoms with Gasteiger partial charge in [-0.25, -0.2) is 4.79 Å². The normalized spacial score (nSPS) is 9.78. The molecule has 0 aliphatic heterocycles. The molecule has 0 radical (unpaired) electrons. The van der Waals surface area contributed by atoms with Crippen LogP contribution in [0.3, 0.4) is 0 Å². The number of ether oxygens (including phenoxy) is 1. The Morgan fingerprint density at radius 1 is 1.67 bits per heavy atom. The third kappa shape index (κ3) is 4.62. The molecule has 0 aromatic heterocycles. The Morgan fingerprint density at radius 3 is 2.56 bits per heavy atom. The standard InChI is InChI=1S/C4H8O3S2/c5-1-2-7-3(6)4(8)9/h4-5,8-9H,1-2H2. The number of carbonyl (C=O) groups is 1. The van der Waals surface area contributed by atoms with Crippen LogP contribution in [-0.2, 0) is 9.53 Å². The van der Waals surface area contributed by atoms with E-state index in [9.17, 15) is 4.79 Å². The van der Waals surface area contributed by atoms with Gasteiger partial charge >= 0.3 is 5.97 Å². The van der Waals surface area contributed by atoms with Gasteiger partial charge in [0.05, 0.1) is 6.61 Å². The lowest BCUT2D eigenvalue weighted by Gasteiger charge is -2.02. The van der Waals surface area contributed by atoms with Crippen molar-refractivity contribution in [3.8, 4) is 0 Å². The number of hydrogen-bond acceptors (Lipinski definition) is 5. The summed E-state index contributed by atoms with van der Waals surface area (Å²) in [4.78, 5) is 10.4. The van der Waals surface area contributed by atoms with Gasteiger partial charge in [0.1, 0.15) is 11.2 Å². The van der Waals surface area contributed by atoms with Crippen molar-refractivity contribution >= 4 is 31.2 Å². The molecular weight excluding hydrogens is 160 g/mol. The van der Waals surface area contributed by atoms with E-state index in [2.05, 4.69) is 30.0 Å². The minimum atomic E-state index is -0.712. The summed E-state index contributed by atoms with van der Waals surface area (Å²) >= 11 is 7.35. The van der Waals surface area contributed by atoms with E-state index < -0.39 is 10.6 Å². The van der Waals surface area contributed by atoms with E-state index in [0.29, 0.717) is 0 Å². The number of rotatable bonds is 3. The summed E-state index contributed by atoms with van der Waals surface area (Å²) in [5.74, 6) is -0.532. The highest BCUT2D eigenvalue weighted by molar-refractivity contribution is 8.00. The molecule has 0 aliphatic rings. The van der Waals surface area contributed by atoms with Gasteiger partial charge in [-0.15, -0.1) is 0 Å². The van der Waals surface area contributed by atoms with Crippen molar-refractivity contribution in [3.05, 3.63) is 0 Å². The SMILES string of the molecule is O=C(OCCO)C(S)S. The van der Waals surface area contributed by atoms with Gasteiger partial charge in [-0.3, -0.25) is 0 Å². The molecule has 0 bridgehead atoms. The van der Waals surface area contributed by atoms with E-state index in [1.54, 1.807) is 0 Å².